The molecule has 1 aliphatic heterocycles. The summed E-state index contributed by atoms with van der Waals surface area (Å²) in [7, 11) is 0. The second-order valence-electron chi connectivity index (χ2n) is 4.05. The summed E-state index contributed by atoms with van der Waals surface area (Å²) in [6.45, 7) is 4.80. The van der Waals surface area contributed by atoms with Gasteiger partial charge >= 0.3 is 0 Å². The monoisotopic (exact) mass is 254 g/mol. The van der Waals surface area contributed by atoms with E-state index in [-0.39, 0.29) is 6.10 Å². The molecule has 0 saturated carbocycles. The van der Waals surface area contributed by atoms with Gasteiger partial charge in [-0.15, -0.1) is 0 Å². The molecule has 0 radical (unpaired) electrons. The molecule has 0 aromatic carbocycles. The normalized spacial score (nSPS) is 19.1. The Morgan fingerprint density at radius 2 is 2.06 bits per heavy atom. The van der Waals surface area contributed by atoms with Gasteiger partial charge in [-0.25, -0.2) is 9.97 Å². The van der Waals surface area contributed by atoms with Crippen LogP contribution in [0.25, 0.3) is 0 Å². The molecule has 1 aliphatic rings. The number of thioether (sulfide) groups is 1. The number of β-amino-alcohol motifs (C(OH)–C–C–N with tert-alkyl or cyclic N) is 1. The zero-order valence-electron chi connectivity index (χ0n) is 9.75. The Hall–Kier alpha value is -0.690. The van der Waals surface area contributed by atoms with Crippen LogP contribution in [0.5, 0.6) is 0 Å². The van der Waals surface area contributed by atoms with Gasteiger partial charge in [0.05, 0.1) is 6.10 Å². The van der Waals surface area contributed by atoms with Gasteiger partial charge in [0.15, 0.2) is 5.16 Å². The van der Waals surface area contributed by atoms with E-state index in [1.54, 1.807) is 18.5 Å². The van der Waals surface area contributed by atoms with Gasteiger partial charge in [0.1, 0.15) is 0 Å². The average molecular weight is 254 g/mol. The minimum absolute atomic E-state index is 0.318. The number of hydrogen-bond acceptors (Lipinski definition) is 6. The van der Waals surface area contributed by atoms with E-state index in [1.165, 1.54) is 11.8 Å². The van der Waals surface area contributed by atoms with E-state index in [2.05, 4.69) is 20.2 Å². The third kappa shape index (κ3) is 4.59. The molecule has 1 atom stereocenters. The van der Waals surface area contributed by atoms with Crippen molar-refractivity contribution in [2.75, 3.05) is 38.5 Å². The Bertz CT molecular complexity index is 319. The summed E-state index contributed by atoms with van der Waals surface area (Å²) in [6.07, 6.45) is 3.12. The fraction of sp³-hybridized carbons (Fsp3) is 0.636. The lowest BCUT2D eigenvalue weighted by Crippen LogP contribution is -2.46. The van der Waals surface area contributed by atoms with E-state index < -0.39 is 0 Å². The second-order valence-corrected chi connectivity index (χ2v) is 5.03. The van der Waals surface area contributed by atoms with E-state index in [4.69, 9.17) is 0 Å². The largest absolute Gasteiger partial charge is 0.391 e. The highest BCUT2D eigenvalue weighted by atomic mass is 32.2. The topological polar surface area (TPSA) is 61.3 Å². The zero-order chi connectivity index (χ0) is 11.9. The van der Waals surface area contributed by atoms with Gasteiger partial charge < -0.3 is 10.4 Å². The molecule has 1 saturated heterocycles. The van der Waals surface area contributed by atoms with Crippen LogP contribution < -0.4 is 5.32 Å². The molecule has 1 aromatic heterocycles. The van der Waals surface area contributed by atoms with Crippen molar-refractivity contribution in [2.45, 2.75) is 11.3 Å². The summed E-state index contributed by atoms with van der Waals surface area (Å²) in [4.78, 5) is 10.5. The predicted molar refractivity (Wildman–Crippen MR) is 68.1 cm³/mol. The smallest absolute Gasteiger partial charge is 0.187 e. The predicted octanol–water partition coefficient (Wildman–Crippen LogP) is -0.165. The van der Waals surface area contributed by atoms with E-state index >= 15 is 0 Å². The molecule has 6 heteroatoms. The summed E-state index contributed by atoms with van der Waals surface area (Å²) >= 11 is 1.50. The molecule has 17 heavy (non-hydrogen) atoms. The lowest BCUT2D eigenvalue weighted by atomic mass is 10.3. The molecule has 0 spiro atoms. The van der Waals surface area contributed by atoms with E-state index in [0.717, 1.165) is 37.9 Å². The quantitative estimate of drug-likeness (QED) is 0.562. The van der Waals surface area contributed by atoms with Crippen LogP contribution in [0.1, 0.15) is 0 Å². The summed E-state index contributed by atoms with van der Waals surface area (Å²) in [5.41, 5.74) is 0. The molecule has 1 fully saturated rings. The number of nitrogens with zero attached hydrogens (tertiary/aromatic N) is 3. The summed E-state index contributed by atoms with van der Waals surface area (Å²) < 4.78 is 0. The Morgan fingerprint density at radius 3 is 2.76 bits per heavy atom. The molecule has 0 aliphatic carbocycles. The van der Waals surface area contributed by atoms with Crippen LogP contribution in [0.4, 0.5) is 0 Å². The molecule has 0 bridgehead atoms. The van der Waals surface area contributed by atoms with Crippen LogP contribution in [0, 0.1) is 0 Å². The first-order chi connectivity index (χ1) is 8.34. The van der Waals surface area contributed by atoms with Crippen molar-refractivity contribution in [3.63, 3.8) is 0 Å². The SMILES string of the molecule is OC(CSc1ncccn1)CN1CCNCC1. The van der Waals surface area contributed by atoms with Crippen LogP contribution in [0.2, 0.25) is 0 Å². The third-order valence-corrected chi connectivity index (χ3v) is 3.65. The molecule has 0 amide bonds. The molecular formula is C11H18N4OS. The number of nitrogens with one attached hydrogen (secondary N) is 1. The highest BCUT2D eigenvalue weighted by Gasteiger charge is 2.14. The van der Waals surface area contributed by atoms with Crippen molar-refractivity contribution < 1.29 is 5.11 Å². The summed E-state index contributed by atoms with van der Waals surface area (Å²) in [5, 5.41) is 14.0. The van der Waals surface area contributed by atoms with Crippen LogP contribution >= 0.6 is 11.8 Å². The maximum Gasteiger partial charge on any atom is 0.187 e. The van der Waals surface area contributed by atoms with E-state index in [9.17, 15) is 5.11 Å². The molecule has 1 unspecified atom stereocenters. The highest BCUT2D eigenvalue weighted by Crippen LogP contribution is 2.12. The van der Waals surface area contributed by atoms with Gasteiger partial charge in [-0.2, -0.15) is 0 Å². The first kappa shape index (κ1) is 12.8. The Balaban J connectivity index is 1.68. The Morgan fingerprint density at radius 1 is 1.35 bits per heavy atom. The van der Waals surface area contributed by atoms with Crippen molar-refractivity contribution in [3.8, 4) is 0 Å². The highest BCUT2D eigenvalue weighted by molar-refractivity contribution is 7.99. The lowest BCUT2D eigenvalue weighted by molar-refractivity contribution is 0.121. The molecule has 5 nitrogen and oxygen atoms in total. The van der Waals surface area contributed by atoms with Gasteiger partial charge in [0.25, 0.3) is 0 Å². The van der Waals surface area contributed by atoms with E-state index in [0.29, 0.717) is 5.75 Å². The summed E-state index contributed by atoms with van der Waals surface area (Å²) in [5.74, 6) is 0.647. The minimum atomic E-state index is -0.318. The number of rotatable bonds is 5. The number of aliphatic hydroxyl groups is 1. The van der Waals surface area contributed by atoms with Crippen LogP contribution in [0.3, 0.4) is 0 Å². The molecule has 2 rings (SSSR count). The van der Waals surface area contributed by atoms with Crippen molar-refractivity contribution in [1.82, 2.24) is 20.2 Å². The maximum absolute atomic E-state index is 9.92. The first-order valence-corrected chi connectivity index (χ1v) is 6.84. The van der Waals surface area contributed by atoms with Gasteiger partial charge in [-0.1, -0.05) is 11.8 Å². The second kappa shape index (κ2) is 6.90. The zero-order valence-corrected chi connectivity index (χ0v) is 10.6. The first-order valence-electron chi connectivity index (χ1n) is 5.85. The maximum atomic E-state index is 9.92. The fourth-order valence-corrected chi connectivity index (χ4v) is 2.49. The molecule has 2 heterocycles. The van der Waals surface area contributed by atoms with Crippen molar-refractivity contribution in [1.29, 1.82) is 0 Å². The summed E-state index contributed by atoms with van der Waals surface area (Å²) in [6, 6.07) is 1.79. The van der Waals surface area contributed by atoms with Crippen molar-refractivity contribution in [2.24, 2.45) is 0 Å². The van der Waals surface area contributed by atoms with Gasteiger partial charge in [0, 0.05) is 50.9 Å². The van der Waals surface area contributed by atoms with Crippen LogP contribution in [-0.2, 0) is 0 Å². The minimum Gasteiger partial charge on any atom is -0.391 e. The molecule has 2 N–H and O–H groups in total. The van der Waals surface area contributed by atoms with Crippen LogP contribution in [0.15, 0.2) is 23.6 Å². The number of hydrogen-bond donors (Lipinski definition) is 2. The number of piperazine rings is 1. The number of aromatic nitrogens is 2. The van der Waals surface area contributed by atoms with Gasteiger partial charge in [-0.05, 0) is 6.07 Å². The van der Waals surface area contributed by atoms with Gasteiger partial charge in [0.2, 0.25) is 0 Å². The molecule has 94 valence electrons. The van der Waals surface area contributed by atoms with Crippen molar-refractivity contribution in [3.05, 3.63) is 18.5 Å². The Kier molecular flexibility index (Phi) is 5.18. The average Bonchev–Trinajstić information content (AvgIpc) is 2.39. The van der Waals surface area contributed by atoms with E-state index in [1.807, 2.05) is 0 Å². The Labute approximate surface area is 106 Å². The van der Waals surface area contributed by atoms with Gasteiger partial charge in [-0.3, -0.25) is 4.90 Å². The third-order valence-electron chi connectivity index (χ3n) is 2.63. The fourth-order valence-electron chi connectivity index (χ4n) is 1.78. The lowest BCUT2D eigenvalue weighted by Gasteiger charge is -2.28. The number of aliphatic hydroxyl groups excluding tert-OH is 1. The standard InChI is InChI=1S/C11H18N4OS/c16-10(8-15-6-4-12-5-7-15)9-17-11-13-2-1-3-14-11/h1-3,10,12,16H,4-9H2. The molecular weight excluding hydrogens is 236 g/mol. The van der Waals surface area contributed by atoms with Crippen LogP contribution in [-0.4, -0.2) is 64.6 Å². The molecule has 1 aromatic rings. The van der Waals surface area contributed by atoms with Crippen molar-refractivity contribution >= 4 is 11.8 Å².